The quantitative estimate of drug-likeness (QED) is 0.244. The molecule has 0 aromatic heterocycles. The lowest BCUT2D eigenvalue weighted by Crippen LogP contribution is -2.43. The predicted octanol–water partition coefficient (Wildman–Crippen LogP) is 0.218. The van der Waals surface area contributed by atoms with Gasteiger partial charge in [0.05, 0.1) is 37.9 Å². The van der Waals surface area contributed by atoms with Crippen LogP contribution in [0.15, 0.2) is 35.3 Å². The molecule has 0 saturated carbocycles. The zero-order chi connectivity index (χ0) is 22.9. The van der Waals surface area contributed by atoms with Gasteiger partial charge >= 0.3 is 23.9 Å². The average molecular weight is 441 g/mol. The van der Waals surface area contributed by atoms with Gasteiger partial charge in [0.1, 0.15) is 0 Å². The number of hydrogen-bond donors (Lipinski definition) is 4. The number of carboxylic acids is 4. The molecule has 30 heavy (non-hydrogen) atoms. The Hall–Kier alpha value is -3.18. The van der Waals surface area contributed by atoms with E-state index in [-0.39, 0.29) is 13.1 Å². The summed E-state index contributed by atoms with van der Waals surface area (Å²) in [5.41, 5.74) is 1.17. The minimum atomic E-state index is -1.23. The minimum Gasteiger partial charge on any atom is -0.480 e. The molecule has 4 N–H and O–H groups in total. The van der Waals surface area contributed by atoms with Gasteiger partial charge in [-0.2, -0.15) is 0 Å². The smallest absolute Gasteiger partial charge is 0.317 e. The number of aliphatic imine (C=N–C) groups is 1. The first-order valence-electron chi connectivity index (χ1n) is 8.53. The molecule has 0 unspecified atom stereocenters. The van der Waals surface area contributed by atoms with Crippen LogP contribution >= 0.6 is 12.2 Å². The summed E-state index contributed by atoms with van der Waals surface area (Å²) < 4.78 is 0. The van der Waals surface area contributed by atoms with Crippen molar-refractivity contribution in [1.82, 2.24) is 9.80 Å². The van der Waals surface area contributed by atoms with Gasteiger partial charge < -0.3 is 20.4 Å². The van der Waals surface area contributed by atoms with Gasteiger partial charge in [-0.25, -0.2) is 4.99 Å². The second kappa shape index (κ2) is 15.7. The number of benzene rings is 1. The second-order valence-electron chi connectivity index (χ2n) is 5.89. The van der Waals surface area contributed by atoms with E-state index in [2.05, 4.69) is 22.4 Å². The molecule has 164 valence electrons. The van der Waals surface area contributed by atoms with E-state index in [0.29, 0.717) is 6.54 Å². The molecule has 0 aliphatic rings. The molecule has 0 aliphatic carbocycles. The van der Waals surface area contributed by atoms with Gasteiger partial charge in [0, 0.05) is 13.1 Å². The molecule has 0 saturated heterocycles. The molecule has 0 amide bonds. The van der Waals surface area contributed by atoms with E-state index in [4.69, 9.17) is 20.4 Å². The molecule has 1 aromatic rings. The highest BCUT2D eigenvalue weighted by molar-refractivity contribution is 7.78. The zero-order valence-electron chi connectivity index (χ0n) is 16.0. The number of thiocarbonyl (C=S) groups is 1. The monoisotopic (exact) mass is 441 g/mol. The molecular formula is C18H23N3O8S. The molecule has 0 fully saturated rings. The lowest BCUT2D eigenvalue weighted by molar-refractivity contribution is -0.145. The number of carboxylic acid groups (broad SMARTS) is 4. The van der Waals surface area contributed by atoms with Crippen LogP contribution in [0.2, 0.25) is 0 Å². The number of carbonyl (C=O) groups is 4. The van der Waals surface area contributed by atoms with Gasteiger partial charge in [0.2, 0.25) is 0 Å². The van der Waals surface area contributed by atoms with Gasteiger partial charge in [0.25, 0.3) is 0 Å². The summed E-state index contributed by atoms with van der Waals surface area (Å²) in [7, 11) is 0. The molecule has 1 rings (SSSR count). The summed E-state index contributed by atoms with van der Waals surface area (Å²) in [6.45, 7) is -1.61. The molecule has 11 nitrogen and oxygen atoms in total. The van der Waals surface area contributed by atoms with Gasteiger partial charge in [-0.1, -0.05) is 30.3 Å². The lowest BCUT2D eigenvalue weighted by Gasteiger charge is -2.23. The van der Waals surface area contributed by atoms with Crippen LogP contribution < -0.4 is 0 Å². The normalized spacial score (nSPS) is 9.93. The first-order valence-corrected chi connectivity index (χ1v) is 8.94. The maximum absolute atomic E-state index is 10.6. The average Bonchev–Trinajstić information content (AvgIpc) is 2.64. The van der Waals surface area contributed by atoms with E-state index < -0.39 is 50.1 Å². The van der Waals surface area contributed by atoms with Crippen LogP contribution in [0.4, 0.5) is 0 Å². The van der Waals surface area contributed by atoms with Crippen molar-refractivity contribution in [2.24, 2.45) is 4.99 Å². The van der Waals surface area contributed by atoms with E-state index in [9.17, 15) is 19.2 Å². The Morgan fingerprint density at radius 3 is 1.43 bits per heavy atom. The fraction of sp³-hybridized carbons (Fsp3) is 0.389. The maximum Gasteiger partial charge on any atom is 0.317 e. The Balaban J connectivity index is 0.000000696. The van der Waals surface area contributed by atoms with Crippen molar-refractivity contribution in [3.63, 3.8) is 0 Å². The number of rotatable bonds is 13. The van der Waals surface area contributed by atoms with Gasteiger partial charge in [0.15, 0.2) is 0 Å². The topological polar surface area (TPSA) is 168 Å². The fourth-order valence-electron chi connectivity index (χ4n) is 2.18. The van der Waals surface area contributed by atoms with Gasteiger partial charge in [-0.3, -0.25) is 29.0 Å². The number of nitrogens with zero attached hydrogens (tertiary/aromatic N) is 3. The van der Waals surface area contributed by atoms with E-state index >= 15 is 0 Å². The van der Waals surface area contributed by atoms with Crippen LogP contribution in [-0.2, 0) is 25.7 Å². The number of aliphatic carboxylic acids is 4. The van der Waals surface area contributed by atoms with E-state index in [1.165, 1.54) is 5.56 Å². The molecule has 0 bridgehead atoms. The first-order chi connectivity index (χ1) is 14.1. The Bertz CT molecular complexity index is 685. The summed E-state index contributed by atoms with van der Waals surface area (Å²) in [6.07, 6.45) is 0. The standard InChI is InChI=1S/C10H16N2O8.C8H7NS/c13-7(14)3-11(4-8(15)16)1-2-12(5-9(17)18)6-10(19)20;10-7-9-6-8-4-2-1-3-5-8/h1-6H2,(H,13,14)(H,15,16)(H,17,18)(H,19,20);1-5H,6H2. The number of isothiocyanates is 1. The molecule has 12 heteroatoms. The molecule has 0 radical (unpaired) electrons. The lowest BCUT2D eigenvalue weighted by atomic mass is 10.2. The van der Waals surface area contributed by atoms with Crippen LogP contribution in [0.3, 0.4) is 0 Å². The van der Waals surface area contributed by atoms with Crippen LogP contribution in [0, 0.1) is 0 Å². The van der Waals surface area contributed by atoms with Crippen molar-refractivity contribution < 1.29 is 39.6 Å². The van der Waals surface area contributed by atoms with Gasteiger partial charge in [-0.15, -0.1) is 0 Å². The molecular weight excluding hydrogens is 418 g/mol. The van der Waals surface area contributed by atoms with Crippen molar-refractivity contribution in [3.8, 4) is 0 Å². The third-order valence-corrected chi connectivity index (χ3v) is 3.47. The SMILES string of the molecule is O=C(O)CN(CCN(CC(=O)O)CC(=O)O)CC(=O)O.S=C=NCc1ccccc1. The molecule has 0 heterocycles. The van der Waals surface area contributed by atoms with Crippen molar-refractivity contribution in [2.45, 2.75) is 6.54 Å². The van der Waals surface area contributed by atoms with E-state index in [1.807, 2.05) is 30.3 Å². The highest BCUT2D eigenvalue weighted by Gasteiger charge is 2.17. The number of hydrogen-bond acceptors (Lipinski definition) is 8. The fourth-order valence-corrected chi connectivity index (χ4v) is 2.25. The highest BCUT2D eigenvalue weighted by atomic mass is 32.1. The maximum atomic E-state index is 10.6. The minimum absolute atomic E-state index is 0.0703. The van der Waals surface area contributed by atoms with Crippen LogP contribution in [0.25, 0.3) is 0 Å². The van der Waals surface area contributed by atoms with Gasteiger partial charge in [-0.05, 0) is 17.8 Å². The third kappa shape index (κ3) is 15.8. The van der Waals surface area contributed by atoms with Crippen molar-refractivity contribution >= 4 is 41.3 Å². The third-order valence-electron chi connectivity index (χ3n) is 3.34. The molecule has 0 aliphatic heterocycles. The van der Waals surface area contributed by atoms with Crippen molar-refractivity contribution in [2.75, 3.05) is 39.3 Å². The van der Waals surface area contributed by atoms with Crippen LogP contribution in [-0.4, -0.2) is 98.5 Å². The molecule has 0 atom stereocenters. The Morgan fingerprint density at radius 1 is 0.767 bits per heavy atom. The Labute approximate surface area is 177 Å². The summed E-state index contributed by atoms with van der Waals surface area (Å²) >= 11 is 4.43. The zero-order valence-corrected chi connectivity index (χ0v) is 16.8. The predicted molar refractivity (Wildman–Crippen MR) is 109 cm³/mol. The molecule has 0 spiro atoms. The van der Waals surface area contributed by atoms with E-state index in [0.717, 1.165) is 9.80 Å². The summed E-state index contributed by atoms with van der Waals surface area (Å²) in [5.74, 6) is -4.91. The largest absolute Gasteiger partial charge is 0.480 e. The van der Waals surface area contributed by atoms with Crippen LogP contribution in [0.1, 0.15) is 5.56 Å². The Morgan fingerprint density at radius 2 is 1.13 bits per heavy atom. The van der Waals surface area contributed by atoms with Crippen LogP contribution in [0.5, 0.6) is 0 Å². The van der Waals surface area contributed by atoms with Crippen molar-refractivity contribution in [3.05, 3.63) is 35.9 Å². The summed E-state index contributed by atoms with van der Waals surface area (Å²) in [5, 5.41) is 36.8. The summed E-state index contributed by atoms with van der Waals surface area (Å²) in [6, 6.07) is 9.96. The van der Waals surface area contributed by atoms with Crippen molar-refractivity contribution in [1.29, 1.82) is 0 Å². The Kier molecular flexibility index (Phi) is 14.0. The summed E-state index contributed by atoms with van der Waals surface area (Å²) in [4.78, 5) is 48.2. The molecule has 1 aromatic carbocycles. The highest BCUT2D eigenvalue weighted by Crippen LogP contribution is 1.98. The van der Waals surface area contributed by atoms with E-state index in [1.54, 1.807) is 0 Å². The first kappa shape index (κ1) is 26.8. The second-order valence-corrected chi connectivity index (χ2v) is 6.07.